The fraction of sp³-hybridized carbons (Fsp3) is 0.222. The Hall–Kier alpha value is -3.60. The molecule has 1 aliphatic heterocycles. The topological polar surface area (TPSA) is 103 Å². The van der Waals surface area contributed by atoms with E-state index in [2.05, 4.69) is 4.98 Å². The number of aromatic nitrogens is 2. The van der Waals surface area contributed by atoms with Crippen molar-refractivity contribution in [2.75, 3.05) is 20.8 Å². The number of esters is 1. The fourth-order valence-corrected chi connectivity index (χ4v) is 2.72. The van der Waals surface area contributed by atoms with E-state index in [0.29, 0.717) is 5.69 Å². The molecule has 8 nitrogen and oxygen atoms in total. The first-order valence-electron chi connectivity index (χ1n) is 7.73. The number of fused-ring (bicyclic) bond motifs is 1. The van der Waals surface area contributed by atoms with Crippen molar-refractivity contribution in [1.29, 1.82) is 5.26 Å². The van der Waals surface area contributed by atoms with E-state index in [-0.39, 0.29) is 41.6 Å². The number of ether oxygens (including phenoxy) is 3. The molecular formula is C18H15N3O5. The van der Waals surface area contributed by atoms with Crippen molar-refractivity contribution in [3.8, 4) is 23.6 Å². The van der Waals surface area contributed by atoms with Gasteiger partial charge in [-0.1, -0.05) is 18.2 Å². The van der Waals surface area contributed by atoms with Crippen molar-refractivity contribution in [2.24, 2.45) is 0 Å². The average molecular weight is 353 g/mol. The zero-order chi connectivity index (χ0) is 18.7. The summed E-state index contributed by atoms with van der Waals surface area (Å²) in [6.45, 7) is 0.0769. The van der Waals surface area contributed by atoms with Crippen molar-refractivity contribution >= 4 is 11.5 Å². The molecule has 2 aromatic rings. The van der Waals surface area contributed by atoms with E-state index in [4.69, 9.17) is 14.2 Å². The number of hydrogen-bond acceptors (Lipinski definition) is 7. The maximum atomic E-state index is 13.2. The molecule has 26 heavy (non-hydrogen) atoms. The van der Waals surface area contributed by atoms with Crippen molar-refractivity contribution in [3.05, 3.63) is 51.8 Å². The number of carbonyl (C=O) groups is 1. The van der Waals surface area contributed by atoms with E-state index in [0.717, 1.165) is 0 Å². The van der Waals surface area contributed by atoms with Gasteiger partial charge in [0, 0.05) is 6.42 Å². The second-order valence-electron chi connectivity index (χ2n) is 5.31. The molecule has 1 aromatic carbocycles. The van der Waals surface area contributed by atoms with Crippen LogP contribution >= 0.6 is 0 Å². The summed E-state index contributed by atoms with van der Waals surface area (Å²) in [6.07, 6.45) is 0.124. The standard InChI is InChI=1S/C18H15N3O5/c1-24-17(23)12-8-9-26-15-14(13(12)10-19)16(22)21(18(20-15)25-2)11-6-4-3-5-7-11/h3-7H,8-9H2,1-2H3. The van der Waals surface area contributed by atoms with E-state index in [1.807, 2.05) is 6.07 Å². The highest BCUT2D eigenvalue weighted by Gasteiger charge is 2.29. The van der Waals surface area contributed by atoms with Gasteiger partial charge in [-0.25, -0.2) is 9.36 Å². The molecule has 1 aromatic heterocycles. The number of para-hydroxylation sites is 1. The predicted octanol–water partition coefficient (Wildman–Crippen LogP) is 1.47. The molecule has 0 unspecified atom stereocenters. The molecule has 0 amide bonds. The Morgan fingerprint density at radius 1 is 1.31 bits per heavy atom. The molecular weight excluding hydrogens is 338 g/mol. The molecule has 2 heterocycles. The minimum absolute atomic E-state index is 0.0127. The minimum atomic E-state index is -0.681. The molecule has 8 heteroatoms. The Kier molecular flexibility index (Phi) is 4.71. The fourth-order valence-electron chi connectivity index (χ4n) is 2.72. The number of methoxy groups -OCH3 is 2. The maximum absolute atomic E-state index is 13.2. The number of rotatable bonds is 3. The van der Waals surface area contributed by atoms with Crippen LogP contribution in [0.15, 0.2) is 40.7 Å². The lowest BCUT2D eigenvalue weighted by Gasteiger charge is -2.14. The third-order valence-electron chi connectivity index (χ3n) is 3.90. The van der Waals surface area contributed by atoms with E-state index in [1.165, 1.54) is 18.8 Å². The Bertz CT molecular complexity index is 986. The van der Waals surface area contributed by atoms with Crippen molar-refractivity contribution < 1.29 is 19.0 Å². The summed E-state index contributed by atoms with van der Waals surface area (Å²) in [7, 11) is 2.59. The SMILES string of the molecule is COC(=O)C1=C(C#N)c2c(nc(OC)n(-c3ccccc3)c2=O)OCC1. The van der Waals surface area contributed by atoms with Crippen LogP contribution in [0.3, 0.4) is 0 Å². The number of nitrogens with zero attached hydrogens (tertiary/aromatic N) is 3. The van der Waals surface area contributed by atoms with Crippen LogP contribution in [0.25, 0.3) is 11.3 Å². The second-order valence-corrected chi connectivity index (χ2v) is 5.31. The third-order valence-corrected chi connectivity index (χ3v) is 3.90. The van der Waals surface area contributed by atoms with Crippen LogP contribution in [-0.2, 0) is 9.53 Å². The first-order valence-corrected chi connectivity index (χ1v) is 7.73. The molecule has 1 aliphatic rings. The van der Waals surface area contributed by atoms with Crippen LogP contribution < -0.4 is 15.0 Å². The lowest BCUT2D eigenvalue weighted by atomic mass is 10.0. The highest BCUT2D eigenvalue weighted by molar-refractivity contribution is 6.01. The Morgan fingerprint density at radius 3 is 2.65 bits per heavy atom. The molecule has 0 radical (unpaired) electrons. The van der Waals surface area contributed by atoms with Crippen molar-refractivity contribution in [2.45, 2.75) is 6.42 Å². The van der Waals surface area contributed by atoms with Crippen LogP contribution in [0, 0.1) is 11.3 Å². The highest BCUT2D eigenvalue weighted by atomic mass is 16.5. The van der Waals surface area contributed by atoms with Gasteiger partial charge in [-0.3, -0.25) is 4.79 Å². The molecule has 0 aliphatic carbocycles. The Balaban J connectivity index is 2.38. The lowest BCUT2D eigenvalue weighted by molar-refractivity contribution is -0.136. The Morgan fingerprint density at radius 2 is 2.04 bits per heavy atom. The zero-order valence-corrected chi connectivity index (χ0v) is 14.2. The van der Waals surface area contributed by atoms with E-state index in [1.54, 1.807) is 30.3 Å². The molecule has 0 atom stereocenters. The lowest BCUT2D eigenvalue weighted by Crippen LogP contribution is -2.25. The number of nitriles is 1. The van der Waals surface area contributed by atoms with Gasteiger partial charge in [0.2, 0.25) is 5.88 Å². The van der Waals surface area contributed by atoms with Crippen molar-refractivity contribution in [3.63, 3.8) is 0 Å². The van der Waals surface area contributed by atoms with Crippen LogP contribution in [0.2, 0.25) is 0 Å². The highest BCUT2D eigenvalue weighted by Crippen LogP contribution is 2.31. The number of benzene rings is 1. The molecule has 0 spiro atoms. The average Bonchev–Trinajstić information content (AvgIpc) is 2.87. The van der Waals surface area contributed by atoms with Gasteiger partial charge in [0.1, 0.15) is 11.6 Å². The summed E-state index contributed by atoms with van der Waals surface area (Å²) in [5, 5.41) is 9.61. The molecule has 0 saturated heterocycles. The van der Waals surface area contributed by atoms with Gasteiger partial charge in [-0.15, -0.1) is 0 Å². The molecule has 0 fully saturated rings. The van der Waals surface area contributed by atoms with Gasteiger partial charge >= 0.3 is 12.0 Å². The molecule has 132 valence electrons. The summed E-state index contributed by atoms with van der Waals surface area (Å²) in [5.74, 6) is -0.728. The third kappa shape index (κ3) is 2.80. The summed E-state index contributed by atoms with van der Waals surface area (Å²) in [6, 6.07) is 10.7. The van der Waals surface area contributed by atoms with Crippen LogP contribution in [-0.4, -0.2) is 36.3 Å². The van der Waals surface area contributed by atoms with Gasteiger partial charge < -0.3 is 14.2 Å². The van der Waals surface area contributed by atoms with Gasteiger partial charge in [0.25, 0.3) is 5.56 Å². The normalized spacial score (nSPS) is 13.1. The number of carbonyl (C=O) groups excluding carboxylic acids is 1. The maximum Gasteiger partial charge on any atom is 0.335 e. The first kappa shape index (κ1) is 17.2. The monoisotopic (exact) mass is 353 g/mol. The van der Waals surface area contributed by atoms with Crippen molar-refractivity contribution in [1.82, 2.24) is 9.55 Å². The Labute approximate surface area is 148 Å². The summed E-state index contributed by atoms with van der Waals surface area (Å²) in [5.41, 5.74) is -0.176. The van der Waals surface area contributed by atoms with Crippen LogP contribution in [0.1, 0.15) is 12.0 Å². The quantitative estimate of drug-likeness (QED) is 0.770. The number of allylic oxidation sites excluding steroid dienone is 1. The first-order chi connectivity index (χ1) is 12.6. The number of hydrogen-bond donors (Lipinski definition) is 0. The van der Waals surface area contributed by atoms with E-state index >= 15 is 0 Å². The molecule has 3 rings (SSSR count). The smallest absolute Gasteiger partial charge is 0.335 e. The molecule has 0 N–H and O–H groups in total. The van der Waals surface area contributed by atoms with Gasteiger partial charge in [-0.05, 0) is 12.1 Å². The molecule has 0 bridgehead atoms. The molecule has 0 saturated carbocycles. The van der Waals surface area contributed by atoms with E-state index < -0.39 is 11.5 Å². The van der Waals surface area contributed by atoms with Gasteiger partial charge in [0.05, 0.1) is 37.7 Å². The zero-order valence-electron chi connectivity index (χ0n) is 14.2. The summed E-state index contributed by atoms with van der Waals surface area (Å²) < 4.78 is 16.7. The van der Waals surface area contributed by atoms with E-state index in [9.17, 15) is 14.9 Å². The van der Waals surface area contributed by atoms with Gasteiger partial charge in [-0.2, -0.15) is 10.2 Å². The van der Waals surface area contributed by atoms with Gasteiger partial charge in [0.15, 0.2) is 0 Å². The summed E-state index contributed by atoms with van der Waals surface area (Å²) in [4.78, 5) is 29.5. The van der Waals surface area contributed by atoms with Crippen LogP contribution in [0.5, 0.6) is 11.9 Å². The predicted molar refractivity (Wildman–Crippen MR) is 91.0 cm³/mol. The summed E-state index contributed by atoms with van der Waals surface area (Å²) >= 11 is 0. The second kappa shape index (κ2) is 7.11. The minimum Gasteiger partial charge on any atom is -0.477 e. The van der Waals surface area contributed by atoms with Crippen LogP contribution in [0.4, 0.5) is 0 Å². The largest absolute Gasteiger partial charge is 0.477 e.